The van der Waals surface area contributed by atoms with Crippen LogP contribution in [0.2, 0.25) is 0 Å². The molecule has 458 valence electrons. The summed E-state index contributed by atoms with van der Waals surface area (Å²) in [6, 6.07) is 0. The Balaban J connectivity index is 4.21. The van der Waals surface area contributed by atoms with Gasteiger partial charge in [0.25, 0.3) is 0 Å². The number of carbonyl (C=O) groups is 3. The fraction of sp³-hybridized carbons (Fsp3) is 0.795. The molecule has 0 aliphatic rings. The molecule has 1 atom stereocenters. The Morgan fingerprint density at radius 2 is 0.506 bits per heavy atom. The maximum atomic E-state index is 12.9. The van der Waals surface area contributed by atoms with Gasteiger partial charge < -0.3 is 14.2 Å². The largest absolute Gasteiger partial charge is 0.462 e. The minimum atomic E-state index is -0.779. The van der Waals surface area contributed by atoms with Gasteiger partial charge in [-0.15, -0.1) is 0 Å². The zero-order valence-corrected chi connectivity index (χ0v) is 52.6. The first-order valence-corrected chi connectivity index (χ1v) is 34.4. The zero-order chi connectivity index (χ0) is 57.1. The Kier molecular flexibility index (Phi) is 64.7. The van der Waals surface area contributed by atoms with Gasteiger partial charge in [-0.2, -0.15) is 0 Å². The molecule has 0 aliphatic carbocycles. The van der Waals surface area contributed by atoms with Gasteiger partial charge in [0, 0.05) is 19.3 Å². The summed E-state index contributed by atoms with van der Waals surface area (Å²) in [6.07, 6.45) is 87.9. The summed E-state index contributed by atoms with van der Waals surface area (Å²) < 4.78 is 16.9. The average Bonchev–Trinajstić information content (AvgIpc) is 3.45. The summed E-state index contributed by atoms with van der Waals surface area (Å²) in [5, 5.41) is 0. The molecule has 1 unspecified atom stereocenters. The molecule has 0 aromatic rings. The third kappa shape index (κ3) is 65.5. The van der Waals surface area contributed by atoms with Gasteiger partial charge in [-0.05, 0) is 103 Å². The number of unbranched alkanes of at least 4 members (excludes halogenated alkanes) is 40. The predicted molar refractivity (Wildman–Crippen MR) is 344 cm³/mol. The molecule has 0 aromatic heterocycles. The van der Waals surface area contributed by atoms with Gasteiger partial charge in [-0.25, -0.2) is 0 Å². The molecular formula is C73H130O6. The molecule has 0 rings (SSSR count). The van der Waals surface area contributed by atoms with E-state index in [-0.39, 0.29) is 31.1 Å². The van der Waals surface area contributed by atoms with Crippen LogP contribution in [0.4, 0.5) is 0 Å². The Bertz CT molecular complexity index is 1450. The van der Waals surface area contributed by atoms with Crippen LogP contribution in [0.5, 0.6) is 0 Å². The first-order chi connectivity index (χ1) is 39.0. The zero-order valence-electron chi connectivity index (χ0n) is 52.6. The molecule has 79 heavy (non-hydrogen) atoms. The summed E-state index contributed by atoms with van der Waals surface area (Å²) in [6.45, 7) is 6.53. The number of allylic oxidation sites excluding steroid dienone is 12. The number of esters is 3. The van der Waals surface area contributed by atoms with Crippen LogP contribution in [0.15, 0.2) is 72.9 Å². The topological polar surface area (TPSA) is 78.9 Å². The Hall–Kier alpha value is -3.15. The van der Waals surface area contributed by atoms with Crippen LogP contribution in [0, 0.1) is 0 Å². The second-order valence-electron chi connectivity index (χ2n) is 23.1. The second kappa shape index (κ2) is 67.4. The van der Waals surface area contributed by atoms with Crippen LogP contribution in [0.25, 0.3) is 0 Å². The van der Waals surface area contributed by atoms with Crippen molar-refractivity contribution in [1.82, 2.24) is 0 Å². The summed E-state index contributed by atoms with van der Waals surface area (Å²) in [5.74, 6) is -0.869. The fourth-order valence-electron chi connectivity index (χ4n) is 10.0. The van der Waals surface area contributed by atoms with E-state index in [1.165, 1.54) is 225 Å². The van der Waals surface area contributed by atoms with Crippen molar-refractivity contribution in [3.8, 4) is 0 Å². The molecular weight excluding hydrogens is 973 g/mol. The minimum absolute atomic E-state index is 0.0755. The second-order valence-corrected chi connectivity index (χ2v) is 23.1. The van der Waals surface area contributed by atoms with Crippen LogP contribution in [0.1, 0.15) is 355 Å². The summed E-state index contributed by atoms with van der Waals surface area (Å²) in [4.78, 5) is 38.3. The van der Waals surface area contributed by atoms with E-state index in [1.54, 1.807) is 0 Å². The number of ether oxygens (including phenoxy) is 3. The van der Waals surface area contributed by atoms with Crippen molar-refractivity contribution < 1.29 is 28.6 Å². The van der Waals surface area contributed by atoms with E-state index in [0.717, 1.165) is 89.9 Å². The van der Waals surface area contributed by atoms with Crippen LogP contribution in [0.3, 0.4) is 0 Å². The van der Waals surface area contributed by atoms with Crippen LogP contribution in [-0.4, -0.2) is 37.2 Å². The maximum Gasteiger partial charge on any atom is 0.306 e. The highest BCUT2D eigenvalue weighted by Gasteiger charge is 2.19. The van der Waals surface area contributed by atoms with Gasteiger partial charge in [0.15, 0.2) is 6.10 Å². The summed E-state index contributed by atoms with van der Waals surface area (Å²) >= 11 is 0. The van der Waals surface area contributed by atoms with Crippen molar-refractivity contribution in [2.75, 3.05) is 13.2 Å². The molecule has 6 nitrogen and oxygen atoms in total. The summed E-state index contributed by atoms with van der Waals surface area (Å²) in [7, 11) is 0. The van der Waals surface area contributed by atoms with Crippen molar-refractivity contribution >= 4 is 17.9 Å². The third-order valence-electron chi connectivity index (χ3n) is 15.2. The lowest BCUT2D eigenvalue weighted by Gasteiger charge is -2.18. The lowest BCUT2D eigenvalue weighted by Crippen LogP contribution is -2.30. The molecule has 0 saturated heterocycles. The predicted octanol–water partition coefficient (Wildman–Crippen LogP) is 23.7. The molecule has 0 saturated carbocycles. The van der Waals surface area contributed by atoms with Gasteiger partial charge in [0.1, 0.15) is 13.2 Å². The van der Waals surface area contributed by atoms with Gasteiger partial charge in [0.2, 0.25) is 0 Å². The van der Waals surface area contributed by atoms with E-state index in [0.29, 0.717) is 19.3 Å². The van der Waals surface area contributed by atoms with Gasteiger partial charge >= 0.3 is 17.9 Å². The fourth-order valence-corrected chi connectivity index (χ4v) is 10.0. The molecule has 0 aromatic carbocycles. The van der Waals surface area contributed by atoms with Crippen molar-refractivity contribution in [2.45, 2.75) is 361 Å². The van der Waals surface area contributed by atoms with Gasteiger partial charge in [-0.1, -0.05) is 306 Å². The number of hydrogen-bond donors (Lipinski definition) is 0. The Morgan fingerprint density at radius 3 is 0.823 bits per heavy atom. The lowest BCUT2D eigenvalue weighted by atomic mass is 10.0. The third-order valence-corrected chi connectivity index (χ3v) is 15.2. The quantitative estimate of drug-likeness (QED) is 0.0261. The Labute approximate surface area is 491 Å². The number of hydrogen-bond acceptors (Lipinski definition) is 6. The standard InChI is InChI=1S/C73H130O6/c1-4-7-10-13-16-19-22-24-26-28-30-32-34-35-36-37-39-40-42-44-46-48-51-54-57-60-63-66-72(75)78-69-70(68-77-71(74)65-62-59-56-53-50-21-18-15-12-9-6-3)79-73(76)67-64-61-58-55-52-49-47-45-43-41-38-33-31-29-27-25-23-20-17-14-11-8-5-2/h7,10,15-16,18-19,24,26,29-32,70H,4-6,8-9,11-14,17,20-23,25,27-28,33-69H2,1-3H3/b10-7-,18-15-,19-16-,26-24-,31-29-,32-30-. The van der Waals surface area contributed by atoms with Crippen LogP contribution >= 0.6 is 0 Å². The van der Waals surface area contributed by atoms with Crippen molar-refractivity contribution in [1.29, 1.82) is 0 Å². The number of carbonyl (C=O) groups excluding carboxylic acids is 3. The van der Waals surface area contributed by atoms with E-state index in [9.17, 15) is 14.4 Å². The molecule has 0 heterocycles. The maximum absolute atomic E-state index is 12.9. The van der Waals surface area contributed by atoms with Crippen LogP contribution in [-0.2, 0) is 28.6 Å². The molecule has 0 N–H and O–H groups in total. The number of rotatable bonds is 63. The SMILES string of the molecule is CC/C=C\C/C=C\C/C=C\C/C=C\CCCCCCCCCCCCCCCCC(=O)OCC(COC(=O)CCCCCCC/C=C\CCCC)OC(=O)CCCCCCCCCCCCC/C=C\CCCCCCCCCC. The molecule has 0 fully saturated rings. The minimum Gasteiger partial charge on any atom is -0.462 e. The van der Waals surface area contributed by atoms with E-state index in [2.05, 4.69) is 93.7 Å². The highest BCUT2D eigenvalue weighted by molar-refractivity contribution is 5.71. The molecule has 0 amide bonds. The highest BCUT2D eigenvalue weighted by Crippen LogP contribution is 2.17. The highest BCUT2D eigenvalue weighted by atomic mass is 16.6. The van der Waals surface area contributed by atoms with Gasteiger partial charge in [0.05, 0.1) is 0 Å². The monoisotopic (exact) mass is 1100 g/mol. The van der Waals surface area contributed by atoms with E-state index in [4.69, 9.17) is 14.2 Å². The first-order valence-electron chi connectivity index (χ1n) is 34.4. The first kappa shape index (κ1) is 75.8. The van der Waals surface area contributed by atoms with E-state index >= 15 is 0 Å². The van der Waals surface area contributed by atoms with Gasteiger partial charge in [-0.3, -0.25) is 14.4 Å². The molecule has 0 radical (unpaired) electrons. The van der Waals surface area contributed by atoms with E-state index < -0.39 is 6.10 Å². The normalized spacial score (nSPS) is 12.5. The Morgan fingerprint density at radius 1 is 0.266 bits per heavy atom. The lowest BCUT2D eigenvalue weighted by molar-refractivity contribution is -0.167. The molecule has 6 heteroatoms. The smallest absolute Gasteiger partial charge is 0.306 e. The van der Waals surface area contributed by atoms with Crippen molar-refractivity contribution in [3.05, 3.63) is 72.9 Å². The van der Waals surface area contributed by atoms with E-state index in [1.807, 2.05) is 0 Å². The molecule has 0 aliphatic heterocycles. The van der Waals surface area contributed by atoms with Crippen molar-refractivity contribution in [2.24, 2.45) is 0 Å². The average molecular weight is 1100 g/mol. The summed E-state index contributed by atoms with van der Waals surface area (Å²) in [5.41, 5.74) is 0. The van der Waals surface area contributed by atoms with Crippen LogP contribution < -0.4 is 0 Å². The molecule has 0 spiro atoms. The molecule has 0 bridgehead atoms. The van der Waals surface area contributed by atoms with Crippen molar-refractivity contribution in [3.63, 3.8) is 0 Å².